The lowest BCUT2D eigenvalue weighted by Gasteiger charge is -2.22. The summed E-state index contributed by atoms with van der Waals surface area (Å²) >= 11 is 0. The van der Waals surface area contributed by atoms with Crippen molar-refractivity contribution in [2.45, 2.75) is 25.8 Å². The fourth-order valence-electron chi connectivity index (χ4n) is 2.84. The van der Waals surface area contributed by atoms with Gasteiger partial charge < -0.3 is 15.5 Å². The van der Waals surface area contributed by atoms with E-state index in [1.165, 1.54) is 0 Å². The molecule has 0 spiro atoms. The molecule has 0 unspecified atom stereocenters. The molecular weight excluding hydrogens is 330 g/mol. The van der Waals surface area contributed by atoms with Crippen LogP contribution in [0.3, 0.4) is 0 Å². The molecule has 1 atom stereocenters. The summed E-state index contributed by atoms with van der Waals surface area (Å²) in [5.74, 6) is 0.283. The Morgan fingerprint density at radius 2 is 1.96 bits per heavy atom. The van der Waals surface area contributed by atoms with Gasteiger partial charge in [-0.2, -0.15) is 0 Å². The van der Waals surface area contributed by atoms with E-state index in [1.54, 1.807) is 12.1 Å². The first-order valence-corrected chi connectivity index (χ1v) is 8.66. The second-order valence-corrected chi connectivity index (χ2v) is 6.63. The normalized spacial score (nSPS) is 16.7. The van der Waals surface area contributed by atoms with Gasteiger partial charge in [0.2, 0.25) is 11.9 Å². The smallest absolute Gasteiger partial charge is 0.251 e. The number of piperidine rings is 1. The van der Waals surface area contributed by atoms with Gasteiger partial charge in [0.05, 0.1) is 5.69 Å². The lowest BCUT2D eigenvalue weighted by molar-refractivity contribution is -0.124. The highest BCUT2D eigenvalue weighted by Gasteiger charge is 2.23. The topological polar surface area (TPSA) is 87.2 Å². The molecular formula is C19H23N5O2. The molecule has 0 radical (unpaired) electrons. The summed E-state index contributed by atoms with van der Waals surface area (Å²) in [4.78, 5) is 34.9. The van der Waals surface area contributed by atoms with Crippen LogP contribution < -0.4 is 15.5 Å². The monoisotopic (exact) mass is 353 g/mol. The van der Waals surface area contributed by atoms with Gasteiger partial charge in [0, 0.05) is 37.5 Å². The molecule has 3 rings (SSSR count). The van der Waals surface area contributed by atoms with Gasteiger partial charge in [0.15, 0.2) is 0 Å². The number of carbonyl (C=O) groups is 2. The number of aromatic nitrogens is 2. The van der Waals surface area contributed by atoms with Crippen LogP contribution in [0.25, 0.3) is 11.3 Å². The van der Waals surface area contributed by atoms with Crippen molar-refractivity contribution in [1.29, 1.82) is 0 Å². The average molecular weight is 353 g/mol. The van der Waals surface area contributed by atoms with Crippen LogP contribution >= 0.6 is 0 Å². The van der Waals surface area contributed by atoms with Gasteiger partial charge in [-0.1, -0.05) is 12.1 Å². The first kappa shape index (κ1) is 17.8. The van der Waals surface area contributed by atoms with Crippen molar-refractivity contribution in [1.82, 2.24) is 20.6 Å². The Labute approximate surface area is 152 Å². The van der Waals surface area contributed by atoms with Crippen LogP contribution in [0, 0.1) is 6.92 Å². The van der Waals surface area contributed by atoms with Crippen molar-refractivity contribution in [3.63, 3.8) is 0 Å². The fourth-order valence-corrected chi connectivity index (χ4v) is 2.84. The maximum Gasteiger partial charge on any atom is 0.251 e. The zero-order chi connectivity index (χ0) is 18.7. The Morgan fingerprint density at radius 3 is 2.62 bits per heavy atom. The van der Waals surface area contributed by atoms with Crippen molar-refractivity contribution in [2.75, 3.05) is 25.5 Å². The van der Waals surface area contributed by atoms with E-state index < -0.39 is 6.04 Å². The second kappa shape index (κ2) is 7.51. The maximum absolute atomic E-state index is 12.4. The summed E-state index contributed by atoms with van der Waals surface area (Å²) in [5, 5.41) is 5.56. The number of nitrogens with zero attached hydrogens (tertiary/aromatic N) is 3. The first-order chi connectivity index (χ1) is 12.4. The van der Waals surface area contributed by atoms with E-state index in [9.17, 15) is 9.59 Å². The van der Waals surface area contributed by atoms with Gasteiger partial charge in [0.1, 0.15) is 6.04 Å². The van der Waals surface area contributed by atoms with Gasteiger partial charge in [-0.3, -0.25) is 9.59 Å². The number of hydrogen-bond donors (Lipinski definition) is 2. The maximum atomic E-state index is 12.4. The molecule has 136 valence electrons. The summed E-state index contributed by atoms with van der Waals surface area (Å²) in [6.07, 6.45) is 1.54. The average Bonchev–Trinajstić information content (AvgIpc) is 2.63. The number of aryl methyl sites for hydroxylation is 1. The van der Waals surface area contributed by atoms with Crippen LogP contribution in [0.15, 0.2) is 30.3 Å². The number of hydrogen-bond acceptors (Lipinski definition) is 5. The van der Waals surface area contributed by atoms with Gasteiger partial charge >= 0.3 is 0 Å². The summed E-state index contributed by atoms with van der Waals surface area (Å²) in [5.41, 5.74) is 3.11. The molecule has 2 aromatic rings. The Bertz CT molecular complexity index is 817. The molecule has 0 aliphatic carbocycles. The molecule has 7 heteroatoms. The standard InChI is InChI=1S/C19H23N5O2/c1-12-11-16(23-19(21-12)24(2)3)13-6-8-14(9-7-13)17(25)22-15-5-4-10-20-18(15)26/h6-9,11,15H,4-5,10H2,1-3H3,(H,20,26)(H,22,25)/t15-/m0/s1. The highest BCUT2D eigenvalue weighted by atomic mass is 16.2. The zero-order valence-electron chi connectivity index (χ0n) is 15.2. The van der Waals surface area contributed by atoms with E-state index in [2.05, 4.69) is 20.6 Å². The molecule has 0 bridgehead atoms. The largest absolute Gasteiger partial charge is 0.354 e. The predicted octanol–water partition coefficient (Wildman–Crippen LogP) is 1.53. The van der Waals surface area contributed by atoms with E-state index in [0.717, 1.165) is 23.4 Å². The molecule has 1 fully saturated rings. The third kappa shape index (κ3) is 3.99. The van der Waals surface area contributed by atoms with E-state index in [-0.39, 0.29) is 11.8 Å². The van der Waals surface area contributed by atoms with Crippen molar-refractivity contribution in [3.8, 4) is 11.3 Å². The highest BCUT2D eigenvalue weighted by Crippen LogP contribution is 2.21. The van der Waals surface area contributed by atoms with Crippen molar-refractivity contribution in [2.24, 2.45) is 0 Å². The van der Waals surface area contributed by atoms with E-state index >= 15 is 0 Å². The first-order valence-electron chi connectivity index (χ1n) is 8.66. The third-order valence-electron chi connectivity index (χ3n) is 4.28. The quantitative estimate of drug-likeness (QED) is 0.870. The van der Waals surface area contributed by atoms with Crippen LogP contribution in [-0.2, 0) is 4.79 Å². The van der Waals surface area contributed by atoms with Crippen LogP contribution in [0.4, 0.5) is 5.95 Å². The predicted molar refractivity (Wildman–Crippen MR) is 100 cm³/mol. The van der Waals surface area contributed by atoms with E-state index in [0.29, 0.717) is 24.5 Å². The molecule has 1 saturated heterocycles. The Balaban J connectivity index is 1.76. The van der Waals surface area contributed by atoms with Crippen LogP contribution in [0.1, 0.15) is 28.9 Å². The molecule has 1 aromatic carbocycles. The van der Waals surface area contributed by atoms with Gasteiger partial charge in [-0.05, 0) is 38.0 Å². The molecule has 7 nitrogen and oxygen atoms in total. The van der Waals surface area contributed by atoms with Crippen LogP contribution in [0.2, 0.25) is 0 Å². The third-order valence-corrected chi connectivity index (χ3v) is 4.28. The minimum absolute atomic E-state index is 0.117. The molecule has 1 aliphatic heterocycles. The minimum Gasteiger partial charge on any atom is -0.354 e. The van der Waals surface area contributed by atoms with Crippen LogP contribution in [0.5, 0.6) is 0 Å². The molecule has 1 aromatic heterocycles. The van der Waals surface area contributed by atoms with Crippen LogP contribution in [-0.4, -0.2) is 48.5 Å². The second-order valence-electron chi connectivity index (χ2n) is 6.63. The fraction of sp³-hybridized carbons (Fsp3) is 0.368. The Kier molecular flexibility index (Phi) is 5.16. The molecule has 2 heterocycles. The van der Waals surface area contributed by atoms with Crippen molar-refractivity contribution >= 4 is 17.8 Å². The van der Waals surface area contributed by atoms with E-state index in [1.807, 2.05) is 44.1 Å². The minimum atomic E-state index is -0.455. The summed E-state index contributed by atoms with van der Waals surface area (Å²) in [7, 11) is 3.79. The number of carbonyl (C=O) groups excluding carboxylic acids is 2. The molecule has 0 saturated carbocycles. The number of amides is 2. The molecule has 2 N–H and O–H groups in total. The van der Waals surface area contributed by atoms with Crippen molar-refractivity contribution < 1.29 is 9.59 Å². The number of benzene rings is 1. The SMILES string of the molecule is Cc1cc(-c2ccc(C(=O)N[C@H]3CCCNC3=O)cc2)nc(N(C)C)n1. The molecule has 2 amide bonds. The number of rotatable bonds is 4. The van der Waals surface area contributed by atoms with Gasteiger partial charge in [-0.15, -0.1) is 0 Å². The number of nitrogens with one attached hydrogen (secondary N) is 2. The summed E-state index contributed by atoms with van der Waals surface area (Å²) < 4.78 is 0. The summed E-state index contributed by atoms with van der Waals surface area (Å²) in [6.45, 7) is 2.60. The van der Waals surface area contributed by atoms with E-state index in [4.69, 9.17) is 0 Å². The molecule has 26 heavy (non-hydrogen) atoms. The Morgan fingerprint density at radius 1 is 1.23 bits per heavy atom. The van der Waals surface area contributed by atoms with Gasteiger partial charge in [0.25, 0.3) is 5.91 Å². The number of anilines is 1. The Hall–Kier alpha value is -2.96. The lowest BCUT2D eigenvalue weighted by atomic mass is 10.0. The van der Waals surface area contributed by atoms with Gasteiger partial charge in [-0.25, -0.2) is 9.97 Å². The summed E-state index contributed by atoms with van der Waals surface area (Å²) in [6, 6.07) is 8.67. The zero-order valence-corrected chi connectivity index (χ0v) is 15.2. The molecule has 1 aliphatic rings. The highest BCUT2D eigenvalue weighted by molar-refractivity contribution is 5.98. The van der Waals surface area contributed by atoms with Crippen molar-refractivity contribution in [3.05, 3.63) is 41.6 Å². The lowest BCUT2D eigenvalue weighted by Crippen LogP contribution is -2.50.